The van der Waals surface area contributed by atoms with E-state index in [1.165, 1.54) is 30.9 Å². The number of ether oxygens (including phenoxy) is 1. The summed E-state index contributed by atoms with van der Waals surface area (Å²) < 4.78 is 7.00. The van der Waals surface area contributed by atoms with E-state index in [0.717, 1.165) is 17.0 Å². The molecule has 2 aromatic carbocycles. The van der Waals surface area contributed by atoms with Gasteiger partial charge in [-0.15, -0.1) is 0 Å². The molecule has 1 heterocycles. The quantitative estimate of drug-likeness (QED) is 0.528. The Morgan fingerprint density at radius 1 is 1.19 bits per heavy atom. The number of hydrogen-bond donors (Lipinski definition) is 1. The highest BCUT2D eigenvalue weighted by Crippen LogP contribution is 2.26. The van der Waals surface area contributed by atoms with E-state index < -0.39 is 0 Å². The zero-order valence-corrected chi connectivity index (χ0v) is 15.6. The topological polar surface area (TPSA) is 64.3 Å². The Bertz CT molecular complexity index is 988. The highest BCUT2D eigenvalue weighted by molar-refractivity contribution is 6.07. The summed E-state index contributed by atoms with van der Waals surface area (Å²) >= 11 is 0. The molecular formula is C22H22N2O3. The van der Waals surface area contributed by atoms with Gasteiger partial charge < -0.3 is 9.84 Å². The van der Waals surface area contributed by atoms with E-state index >= 15 is 0 Å². The van der Waals surface area contributed by atoms with Crippen molar-refractivity contribution in [1.29, 1.82) is 0 Å². The third-order valence-corrected chi connectivity index (χ3v) is 4.48. The lowest BCUT2D eigenvalue weighted by molar-refractivity contribution is 0.104. The molecule has 0 amide bonds. The lowest BCUT2D eigenvalue weighted by Gasteiger charge is -2.05. The predicted octanol–water partition coefficient (Wildman–Crippen LogP) is 4.16. The Kier molecular flexibility index (Phi) is 5.41. The van der Waals surface area contributed by atoms with Crippen LogP contribution in [0.15, 0.2) is 54.6 Å². The summed E-state index contributed by atoms with van der Waals surface area (Å²) in [7, 11) is 1.45. The Morgan fingerprint density at radius 3 is 2.63 bits per heavy atom. The van der Waals surface area contributed by atoms with Gasteiger partial charge in [0, 0.05) is 16.8 Å². The normalized spacial score (nSPS) is 11.1. The number of phenols is 1. The van der Waals surface area contributed by atoms with Gasteiger partial charge >= 0.3 is 0 Å². The maximum absolute atomic E-state index is 12.5. The first-order valence-electron chi connectivity index (χ1n) is 8.67. The molecule has 27 heavy (non-hydrogen) atoms. The third kappa shape index (κ3) is 4.08. The summed E-state index contributed by atoms with van der Waals surface area (Å²) in [6, 6.07) is 14.7. The lowest BCUT2D eigenvalue weighted by atomic mass is 10.1. The molecule has 0 atom stereocenters. The molecule has 5 nitrogen and oxygen atoms in total. The summed E-state index contributed by atoms with van der Waals surface area (Å²) in [6.45, 7) is 4.61. The van der Waals surface area contributed by atoms with E-state index in [9.17, 15) is 9.90 Å². The molecule has 0 saturated heterocycles. The first-order chi connectivity index (χ1) is 13.0. The average molecular weight is 362 g/mol. The summed E-state index contributed by atoms with van der Waals surface area (Å²) in [6.07, 6.45) is 3.32. The van der Waals surface area contributed by atoms with Crippen LogP contribution in [0.3, 0.4) is 0 Å². The molecule has 0 aliphatic rings. The van der Waals surface area contributed by atoms with E-state index in [4.69, 9.17) is 4.74 Å². The Labute approximate surface area is 158 Å². The monoisotopic (exact) mass is 362 g/mol. The Balaban J connectivity index is 1.82. The maximum Gasteiger partial charge on any atom is 0.185 e. The molecule has 138 valence electrons. The summed E-state index contributed by atoms with van der Waals surface area (Å²) in [5.41, 5.74) is 4.43. The number of aromatic hydroxyl groups is 1. The van der Waals surface area contributed by atoms with Crippen LogP contribution >= 0.6 is 0 Å². The second-order valence-corrected chi connectivity index (χ2v) is 6.31. The van der Waals surface area contributed by atoms with Gasteiger partial charge in [0.05, 0.1) is 19.3 Å². The maximum atomic E-state index is 12.5. The largest absolute Gasteiger partial charge is 0.504 e. The minimum atomic E-state index is -0.164. The highest BCUT2D eigenvalue weighted by Gasteiger charge is 2.11. The number of nitrogens with zero attached hydrogens (tertiary/aromatic N) is 2. The van der Waals surface area contributed by atoms with Crippen LogP contribution in [-0.4, -0.2) is 27.8 Å². The van der Waals surface area contributed by atoms with Crippen molar-refractivity contribution in [2.45, 2.75) is 20.4 Å². The van der Waals surface area contributed by atoms with E-state index in [1.54, 1.807) is 12.1 Å². The first kappa shape index (κ1) is 18.5. The predicted molar refractivity (Wildman–Crippen MR) is 105 cm³/mol. The second kappa shape index (κ2) is 7.91. The minimum absolute atomic E-state index is 0.00640. The summed E-state index contributed by atoms with van der Waals surface area (Å²) in [4.78, 5) is 12.5. The van der Waals surface area contributed by atoms with Gasteiger partial charge in [0.2, 0.25) is 0 Å². The number of aryl methyl sites for hydroxylation is 1. The third-order valence-electron chi connectivity index (χ3n) is 4.48. The molecule has 0 fully saturated rings. The van der Waals surface area contributed by atoms with E-state index in [0.29, 0.717) is 12.1 Å². The van der Waals surface area contributed by atoms with Gasteiger partial charge in [-0.2, -0.15) is 5.10 Å². The van der Waals surface area contributed by atoms with Crippen LogP contribution in [0.25, 0.3) is 6.08 Å². The van der Waals surface area contributed by atoms with E-state index in [-0.39, 0.29) is 17.3 Å². The molecule has 0 spiro atoms. The number of hydrogen-bond acceptors (Lipinski definition) is 4. The summed E-state index contributed by atoms with van der Waals surface area (Å²) in [5.74, 6) is 0.118. The number of allylic oxidation sites excluding steroid dienone is 1. The average Bonchev–Trinajstić information content (AvgIpc) is 2.94. The van der Waals surface area contributed by atoms with Crippen molar-refractivity contribution < 1.29 is 14.6 Å². The number of ketones is 1. The molecule has 0 aliphatic carbocycles. The molecule has 0 unspecified atom stereocenters. The van der Waals surface area contributed by atoms with E-state index in [1.807, 2.05) is 36.7 Å². The standard InChI is InChI=1S/C22H22N2O3/c1-15-19(16(2)24(23-15)14-17-7-5-4-6-8-17)10-12-20(25)18-9-11-21(26)22(13-18)27-3/h4-13,26H,14H2,1-3H3. The Hall–Kier alpha value is -3.34. The molecule has 3 aromatic rings. The van der Waals surface area contributed by atoms with Gasteiger partial charge in [-0.25, -0.2) is 0 Å². The zero-order valence-electron chi connectivity index (χ0n) is 15.6. The van der Waals surface area contributed by atoms with Crippen LogP contribution in [0.4, 0.5) is 0 Å². The smallest absolute Gasteiger partial charge is 0.185 e. The first-order valence-corrected chi connectivity index (χ1v) is 8.67. The zero-order chi connectivity index (χ0) is 19.4. The molecule has 3 rings (SSSR count). The van der Waals surface area contributed by atoms with Gasteiger partial charge in [0.15, 0.2) is 17.3 Å². The molecule has 0 aliphatic heterocycles. The minimum Gasteiger partial charge on any atom is -0.504 e. The van der Waals surface area contributed by atoms with Crippen molar-refractivity contribution in [1.82, 2.24) is 9.78 Å². The molecule has 1 aromatic heterocycles. The SMILES string of the molecule is COc1cc(C(=O)C=Cc2c(C)nn(Cc3ccccc3)c2C)ccc1O. The van der Waals surface area contributed by atoms with Crippen LogP contribution in [-0.2, 0) is 6.54 Å². The number of benzene rings is 2. The van der Waals surface area contributed by atoms with Crippen LogP contribution in [0.2, 0.25) is 0 Å². The number of carbonyl (C=O) groups is 1. The van der Waals surface area contributed by atoms with Crippen LogP contribution in [0.1, 0.15) is 32.9 Å². The van der Waals surface area contributed by atoms with Crippen molar-refractivity contribution in [2.75, 3.05) is 7.11 Å². The second-order valence-electron chi connectivity index (χ2n) is 6.31. The number of methoxy groups -OCH3 is 1. The van der Waals surface area contributed by atoms with Crippen molar-refractivity contribution >= 4 is 11.9 Å². The molecular weight excluding hydrogens is 340 g/mol. The van der Waals surface area contributed by atoms with Crippen molar-refractivity contribution in [3.05, 3.63) is 82.7 Å². The van der Waals surface area contributed by atoms with Gasteiger partial charge in [0.1, 0.15) is 0 Å². The van der Waals surface area contributed by atoms with Crippen LogP contribution < -0.4 is 4.74 Å². The van der Waals surface area contributed by atoms with Gasteiger partial charge in [0.25, 0.3) is 0 Å². The number of phenolic OH excluding ortho intramolecular Hbond substituents is 1. The molecule has 0 bridgehead atoms. The number of rotatable bonds is 6. The molecule has 1 N–H and O–H groups in total. The van der Waals surface area contributed by atoms with E-state index in [2.05, 4.69) is 17.2 Å². The van der Waals surface area contributed by atoms with Crippen molar-refractivity contribution in [3.8, 4) is 11.5 Å². The van der Waals surface area contributed by atoms with Gasteiger partial charge in [-0.1, -0.05) is 30.3 Å². The molecule has 5 heteroatoms. The van der Waals surface area contributed by atoms with Crippen LogP contribution in [0.5, 0.6) is 11.5 Å². The van der Waals surface area contributed by atoms with Crippen LogP contribution in [0, 0.1) is 13.8 Å². The summed E-state index contributed by atoms with van der Waals surface area (Å²) in [5, 5.41) is 14.3. The fourth-order valence-corrected chi connectivity index (χ4v) is 2.95. The molecule has 0 radical (unpaired) electrons. The number of aromatic nitrogens is 2. The van der Waals surface area contributed by atoms with Gasteiger partial charge in [-0.3, -0.25) is 9.48 Å². The molecule has 0 saturated carbocycles. The number of carbonyl (C=O) groups excluding carboxylic acids is 1. The lowest BCUT2D eigenvalue weighted by Crippen LogP contribution is -2.03. The van der Waals surface area contributed by atoms with Crippen molar-refractivity contribution in [2.24, 2.45) is 0 Å². The highest BCUT2D eigenvalue weighted by atomic mass is 16.5. The van der Waals surface area contributed by atoms with Crippen molar-refractivity contribution in [3.63, 3.8) is 0 Å². The Morgan fingerprint density at radius 2 is 1.93 bits per heavy atom. The van der Waals surface area contributed by atoms with Gasteiger partial charge in [-0.05, 0) is 49.8 Å². The fraction of sp³-hybridized carbons (Fsp3) is 0.182. The fourth-order valence-electron chi connectivity index (χ4n) is 2.95.